The molecule has 3 rings (SSSR count). The van der Waals surface area contributed by atoms with Crippen molar-refractivity contribution in [3.05, 3.63) is 60.6 Å². The summed E-state index contributed by atoms with van der Waals surface area (Å²) >= 11 is 0. The van der Waals surface area contributed by atoms with Crippen molar-refractivity contribution in [1.82, 2.24) is 9.97 Å². The minimum Gasteiger partial charge on any atom is -0.361 e. The van der Waals surface area contributed by atoms with Crippen LogP contribution in [0.25, 0.3) is 10.9 Å². The van der Waals surface area contributed by atoms with Gasteiger partial charge < -0.3 is 4.98 Å². The average Bonchev–Trinajstić information content (AvgIpc) is 2.96. The fraction of sp³-hybridized carbons (Fsp3) is 0.0667. The first kappa shape index (κ1) is 14.3. The van der Waals surface area contributed by atoms with Gasteiger partial charge in [-0.2, -0.15) is 0 Å². The number of nitrogens with zero attached hydrogens (tertiary/aromatic N) is 2. The minimum atomic E-state index is -3.81. The number of aromatic amines is 1. The Balaban J connectivity index is 1.97. The smallest absolute Gasteiger partial charge is 0.245 e. The summed E-state index contributed by atoms with van der Waals surface area (Å²) < 4.78 is 25.7. The molecule has 3 aromatic rings. The molecule has 22 heavy (non-hydrogen) atoms. The second-order valence-corrected chi connectivity index (χ2v) is 6.61. The third-order valence-electron chi connectivity index (χ3n) is 3.29. The summed E-state index contributed by atoms with van der Waals surface area (Å²) in [6.07, 6.45) is 5.11. The molecule has 1 N–H and O–H groups in total. The molecule has 0 atom stereocenters. The zero-order chi connectivity index (χ0) is 15.6. The molecule has 0 bridgehead atoms. The average molecular weight is 315 g/mol. The second-order valence-electron chi connectivity index (χ2n) is 4.76. The highest BCUT2D eigenvalue weighted by molar-refractivity contribution is 7.92. The number of benzene rings is 1. The molecular formula is C15H13N3O3S. The van der Waals surface area contributed by atoms with Crippen LogP contribution >= 0.6 is 0 Å². The number of nitrogens with one attached hydrogen (secondary N) is 1. The van der Waals surface area contributed by atoms with Crippen molar-refractivity contribution < 1.29 is 13.2 Å². The molecule has 1 amide bonds. The summed E-state index contributed by atoms with van der Waals surface area (Å²) in [7, 11) is -3.81. The number of carbonyl (C=O) groups excluding carboxylic acids is 1. The summed E-state index contributed by atoms with van der Waals surface area (Å²) in [4.78, 5) is 18.2. The van der Waals surface area contributed by atoms with Crippen molar-refractivity contribution in [3.63, 3.8) is 0 Å². The Bertz CT molecular complexity index is 904. The Morgan fingerprint density at radius 1 is 1.14 bits per heavy atom. The molecule has 0 aliphatic heterocycles. The summed E-state index contributed by atoms with van der Waals surface area (Å²) in [6.45, 7) is 0. The van der Waals surface area contributed by atoms with Crippen molar-refractivity contribution in [3.8, 4) is 0 Å². The molecule has 0 radical (unpaired) electrons. The Kier molecular flexibility index (Phi) is 3.64. The van der Waals surface area contributed by atoms with Crippen molar-refractivity contribution >= 4 is 33.0 Å². The van der Waals surface area contributed by atoms with E-state index in [-0.39, 0.29) is 5.75 Å². The molecule has 2 heterocycles. The first-order valence-corrected chi connectivity index (χ1v) is 8.14. The number of pyridine rings is 1. The quantitative estimate of drug-likeness (QED) is 0.731. The molecule has 2 aromatic heterocycles. The fourth-order valence-corrected chi connectivity index (χ4v) is 3.54. The number of aromatic nitrogens is 2. The van der Waals surface area contributed by atoms with Gasteiger partial charge in [0.1, 0.15) is 0 Å². The number of H-pyrrole nitrogens is 1. The molecule has 7 heteroatoms. The van der Waals surface area contributed by atoms with Gasteiger partial charge in [-0.3, -0.25) is 9.78 Å². The van der Waals surface area contributed by atoms with E-state index in [4.69, 9.17) is 0 Å². The molecule has 0 fully saturated rings. The van der Waals surface area contributed by atoms with Crippen molar-refractivity contribution in [2.24, 2.45) is 0 Å². The second kappa shape index (κ2) is 5.61. The number of fused-ring (bicyclic) bond motifs is 1. The molecule has 0 saturated heterocycles. The van der Waals surface area contributed by atoms with Gasteiger partial charge in [-0.25, -0.2) is 12.7 Å². The minimum absolute atomic E-state index is 0.267. The number of sulfonamides is 1. The zero-order valence-electron chi connectivity index (χ0n) is 11.5. The van der Waals surface area contributed by atoms with Gasteiger partial charge in [-0.1, -0.05) is 6.07 Å². The highest BCUT2D eigenvalue weighted by atomic mass is 32.2. The van der Waals surface area contributed by atoms with Gasteiger partial charge in [0.25, 0.3) is 0 Å². The number of rotatable bonds is 5. The van der Waals surface area contributed by atoms with Crippen LogP contribution in [0.3, 0.4) is 0 Å². The fourth-order valence-electron chi connectivity index (χ4n) is 2.22. The standard InChI is InChI=1S/C15H13N3O3S/c19-11-18(14-2-1-13-5-8-17-15(13)9-14)22(20,21)10-12-3-6-16-7-4-12/h1-9,11,17H,10H2. The Morgan fingerprint density at radius 3 is 2.64 bits per heavy atom. The highest BCUT2D eigenvalue weighted by Gasteiger charge is 2.23. The summed E-state index contributed by atoms with van der Waals surface area (Å²) in [5.74, 6) is -0.267. The number of anilines is 1. The third kappa shape index (κ3) is 2.71. The maximum Gasteiger partial charge on any atom is 0.245 e. The van der Waals surface area contributed by atoms with Crippen LogP contribution in [-0.4, -0.2) is 24.8 Å². The maximum atomic E-state index is 12.5. The van der Waals surface area contributed by atoms with Crippen LogP contribution in [-0.2, 0) is 20.6 Å². The predicted octanol–water partition coefficient (Wildman–Crippen LogP) is 2.06. The van der Waals surface area contributed by atoms with E-state index in [0.717, 1.165) is 15.2 Å². The molecule has 6 nitrogen and oxygen atoms in total. The monoisotopic (exact) mass is 315 g/mol. The molecule has 0 aliphatic rings. The molecule has 0 spiro atoms. The normalized spacial score (nSPS) is 11.5. The Hall–Kier alpha value is -2.67. The van der Waals surface area contributed by atoms with Crippen LogP contribution in [0.4, 0.5) is 5.69 Å². The lowest BCUT2D eigenvalue weighted by Crippen LogP contribution is -2.30. The van der Waals surface area contributed by atoms with Crippen LogP contribution in [0, 0.1) is 0 Å². The van der Waals surface area contributed by atoms with Gasteiger partial charge in [0.15, 0.2) is 0 Å². The largest absolute Gasteiger partial charge is 0.361 e. The van der Waals surface area contributed by atoms with Gasteiger partial charge in [0, 0.05) is 24.1 Å². The number of hydrogen-bond donors (Lipinski definition) is 1. The lowest BCUT2D eigenvalue weighted by Gasteiger charge is -2.17. The van der Waals surface area contributed by atoms with Crippen LogP contribution in [0.1, 0.15) is 5.56 Å². The molecule has 0 saturated carbocycles. The van der Waals surface area contributed by atoms with E-state index in [1.807, 2.05) is 6.07 Å². The summed E-state index contributed by atoms with van der Waals surface area (Å²) in [5, 5.41) is 0.945. The van der Waals surface area contributed by atoms with Crippen LogP contribution in [0.5, 0.6) is 0 Å². The van der Waals surface area contributed by atoms with E-state index in [1.165, 1.54) is 12.4 Å². The number of hydrogen-bond acceptors (Lipinski definition) is 4. The van der Waals surface area contributed by atoms with Gasteiger partial charge in [0.05, 0.1) is 11.4 Å². The van der Waals surface area contributed by atoms with Gasteiger partial charge >= 0.3 is 0 Å². The Labute approximate surface area is 127 Å². The van der Waals surface area contributed by atoms with E-state index in [1.54, 1.807) is 36.5 Å². The molecule has 1 aromatic carbocycles. The predicted molar refractivity (Wildman–Crippen MR) is 83.7 cm³/mol. The van der Waals surface area contributed by atoms with E-state index < -0.39 is 10.0 Å². The van der Waals surface area contributed by atoms with Crippen LogP contribution < -0.4 is 4.31 Å². The lowest BCUT2D eigenvalue weighted by atomic mass is 10.2. The highest BCUT2D eigenvalue weighted by Crippen LogP contribution is 2.23. The van der Waals surface area contributed by atoms with Gasteiger partial charge in [0.2, 0.25) is 16.4 Å². The van der Waals surface area contributed by atoms with Crippen molar-refractivity contribution in [2.75, 3.05) is 4.31 Å². The third-order valence-corrected chi connectivity index (χ3v) is 4.88. The van der Waals surface area contributed by atoms with Crippen LogP contribution in [0.15, 0.2) is 55.0 Å². The lowest BCUT2D eigenvalue weighted by molar-refractivity contribution is -0.106. The molecule has 0 aliphatic carbocycles. The van der Waals surface area contributed by atoms with E-state index in [2.05, 4.69) is 9.97 Å². The van der Waals surface area contributed by atoms with Gasteiger partial charge in [-0.05, 0) is 41.3 Å². The molecular weight excluding hydrogens is 302 g/mol. The summed E-state index contributed by atoms with van der Waals surface area (Å²) in [6, 6.07) is 10.1. The first-order valence-electron chi connectivity index (χ1n) is 6.53. The number of carbonyl (C=O) groups is 1. The first-order chi connectivity index (χ1) is 10.6. The topological polar surface area (TPSA) is 83.1 Å². The number of amides is 1. The molecule has 112 valence electrons. The van der Waals surface area contributed by atoms with Crippen molar-refractivity contribution in [2.45, 2.75) is 5.75 Å². The van der Waals surface area contributed by atoms with Crippen LogP contribution in [0.2, 0.25) is 0 Å². The van der Waals surface area contributed by atoms with Gasteiger partial charge in [-0.15, -0.1) is 0 Å². The molecule has 0 unspecified atom stereocenters. The van der Waals surface area contributed by atoms with E-state index in [9.17, 15) is 13.2 Å². The van der Waals surface area contributed by atoms with E-state index >= 15 is 0 Å². The summed E-state index contributed by atoms with van der Waals surface area (Å²) in [5.41, 5.74) is 1.64. The van der Waals surface area contributed by atoms with Crippen molar-refractivity contribution in [1.29, 1.82) is 0 Å². The zero-order valence-corrected chi connectivity index (χ0v) is 12.3. The van der Waals surface area contributed by atoms with E-state index in [0.29, 0.717) is 17.7 Å². The Morgan fingerprint density at radius 2 is 1.91 bits per heavy atom. The maximum absolute atomic E-state index is 12.5. The SMILES string of the molecule is O=CN(c1ccc2cc[nH]c2c1)S(=O)(=O)Cc1ccncc1.